The van der Waals surface area contributed by atoms with Gasteiger partial charge in [0.2, 0.25) is 5.91 Å². The molecule has 0 aliphatic rings. The molecule has 0 aliphatic carbocycles. The highest BCUT2D eigenvalue weighted by atomic mass is 35.5. The molecule has 1 unspecified atom stereocenters. The SMILES string of the molecule is Cl.NC(CO)C(=O)NCc1ccccc1. The van der Waals surface area contributed by atoms with Gasteiger partial charge in [-0.1, -0.05) is 30.3 Å². The summed E-state index contributed by atoms with van der Waals surface area (Å²) in [6.45, 7) is 0.105. The summed E-state index contributed by atoms with van der Waals surface area (Å²) in [7, 11) is 0. The summed E-state index contributed by atoms with van der Waals surface area (Å²) in [6.07, 6.45) is 0. The highest BCUT2D eigenvalue weighted by molar-refractivity contribution is 5.85. The molecule has 4 N–H and O–H groups in total. The van der Waals surface area contributed by atoms with Crippen LogP contribution in [0.4, 0.5) is 0 Å². The summed E-state index contributed by atoms with van der Waals surface area (Å²) in [5, 5.41) is 11.2. The van der Waals surface area contributed by atoms with Gasteiger partial charge in [-0.25, -0.2) is 0 Å². The Hall–Kier alpha value is -1.10. The lowest BCUT2D eigenvalue weighted by molar-refractivity contribution is -0.123. The molecule has 0 radical (unpaired) electrons. The minimum absolute atomic E-state index is 0. The molecule has 0 aromatic heterocycles. The summed E-state index contributed by atoms with van der Waals surface area (Å²) < 4.78 is 0. The summed E-state index contributed by atoms with van der Waals surface area (Å²) in [4.78, 5) is 11.2. The maximum atomic E-state index is 11.2. The predicted octanol–water partition coefficient (Wildman–Crippen LogP) is 0.0442. The van der Waals surface area contributed by atoms with Crippen molar-refractivity contribution in [3.8, 4) is 0 Å². The maximum Gasteiger partial charge on any atom is 0.239 e. The van der Waals surface area contributed by atoms with E-state index in [0.717, 1.165) is 5.56 Å². The molecule has 84 valence electrons. The molecule has 1 amide bonds. The molecule has 5 heteroatoms. The second-order valence-corrected chi connectivity index (χ2v) is 2.99. The van der Waals surface area contributed by atoms with Crippen LogP contribution in [0.15, 0.2) is 30.3 Å². The first-order valence-corrected chi connectivity index (χ1v) is 4.42. The van der Waals surface area contributed by atoms with Crippen molar-refractivity contribution in [1.82, 2.24) is 5.32 Å². The van der Waals surface area contributed by atoms with Crippen LogP contribution in [0.25, 0.3) is 0 Å². The highest BCUT2D eigenvalue weighted by Gasteiger charge is 2.10. The minimum atomic E-state index is -0.835. The number of benzene rings is 1. The lowest BCUT2D eigenvalue weighted by Gasteiger charge is -2.09. The number of nitrogens with two attached hydrogens (primary N) is 1. The highest BCUT2D eigenvalue weighted by Crippen LogP contribution is 1.96. The second-order valence-electron chi connectivity index (χ2n) is 2.99. The summed E-state index contributed by atoms with van der Waals surface area (Å²) in [5.74, 6) is -0.337. The van der Waals surface area contributed by atoms with Gasteiger partial charge >= 0.3 is 0 Å². The predicted molar refractivity (Wildman–Crippen MR) is 60.6 cm³/mol. The fraction of sp³-hybridized carbons (Fsp3) is 0.300. The zero-order valence-electron chi connectivity index (χ0n) is 8.22. The van der Waals surface area contributed by atoms with Gasteiger partial charge in [0.05, 0.1) is 6.61 Å². The number of carbonyl (C=O) groups excluding carboxylic acids is 1. The van der Waals surface area contributed by atoms with Gasteiger partial charge in [-0.2, -0.15) is 0 Å². The van der Waals surface area contributed by atoms with Crippen LogP contribution in [-0.4, -0.2) is 23.7 Å². The number of halogens is 1. The average Bonchev–Trinajstić information content (AvgIpc) is 2.26. The van der Waals surface area contributed by atoms with E-state index >= 15 is 0 Å². The van der Waals surface area contributed by atoms with Crippen LogP contribution in [0.1, 0.15) is 5.56 Å². The first kappa shape index (κ1) is 13.9. The Labute approximate surface area is 94.9 Å². The Bertz CT molecular complexity index is 293. The third-order valence-corrected chi connectivity index (χ3v) is 1.84. The molecule has 0 saturated heterocycles. The first-order valence-electron chi connectivity index (χ1n) is 4.42. The van der Waals surface area contributed by atoms with Crippen LogP contribution < -0.4 is 11.1 Å². The van der Waals surface area contributed by atoms with Gasteiger partial charge in [0.25, 0.3) is 0 Å². The van der Waals surface area contributed by atoms with E-state index in [4.69, 9.17) is 10.8 Å². The third kappa shape index (κ3) is 4.78. The van der Waals surface area contributed by atoms with Crippen LogP contribution in [0.2, 0.25) is 0 Å². The van der Waals surface area contributed by atoms with E-state index in [2.05, 4.69) is 5.32 Å². The monoisotopic (exact) mass is 230 g/mol. The van der Waals surface area contributed by atoms with Gasteiger partial charge in [0.1, 0.15) is 6.04 Å². The van der Waals surface area contributed by atoms with Crippen molar-refractivity contribution < 1.29 is 9.90 Å². The Balaban J connectivity index is 0.00000196. The van der Waals surface area contributed by atoms with Gasteiger partial charge in [-0.05, 0) is 5.56 Å². The maximum absolute atomic E-state index is 11.2. The Morgan fingerprint density at radius 2 is 2.00 bits per heavy atom. The molecule has 1 aromatic carbocycles. The molecule has 4 nitrogen and oxygen atoms in total. The number of amides is 1. The average molecular weight is 231 g/mol. The Morgan fingerprint density at radius 1 is 1.40 bits per heavy atom. The number of nitrogens with one attached hydrogen (secondary N) is 1. The fourth-order valence-corrected chi connectivity index (χ4v) is 0.999. The largest absolute Gasteiger partial charge is 0.394 e. The van der Waals surface area contributed by atoms with Crippen molar-refractivity contribution in [3.63, 3.8) is 0 Å². The van der Waals surface area contributed by atoms with Crippen molar-refractivity contribution in [2.45, 2.75) is 12.6 Å². The van der Waals surface area contributed by atoms with Gasteiger partial charge in [0, 0.05) is 6.54 Å². The minimum Gasteiger partial charge on any atom is -0.394 e. The van der Waals surface area contributed by atoms with Crippen LogP contribution >= 0.6 is 12.4 Å². The van der Waals surface area contributed by atoms with Crippen molar-refractivity contribution in [1.29, 1.82) is 0 Å². The summed E-state index contributed by atoms with van der Waals surface area (Å²) >= 11 is 0. The van der Waals surface area contributed by atoms with E-state index < -0.39 is 6.04 Å². The zero-order valence-corrected chi connectivity index (χ0v) is 9.04. The lowest BCUT2D eigenvalue weighted by atomic mass is 10.2. The molecule has 0 fully saturated rings. The number of aliphatic hydroxyl groups is 1. The molecular weight excluding hydrogens is 216 g/mol. The molecule has 0 aliphatic heterocycles. The standard InChI is InChI=1S/C10H14N2O2.ClH/c11-9(7-13)10(14)12-6-8-4-2-1-3-5-8;/h1-5,9,13H,6-7,11H2,(H,12,14);1H. The van der Waals surface area contributed by atoms with Gasteiger partial charge in [-0.15, -0.1) is 12.4 Å². The fourth-order valence-electron chi connectivity index (χ4n) is 0.999. The molecule has 15 heavy (non-hydrogen) atoms. The smallest absolute Gasteiger partial charge is 0.239 e. The van der Waals surface area contributed by atoms with Crippen molar-refractivity contribution in [2.75, 3.05) is 6.61 Å². The zero-order chi connectivity index (χ0) is 10.4. The molecular formula is C10H15ClN2O2. The number of carbonyl (C=O) groups is 1. The normalized spacial score (nSPS) is 11.3. The van der Waals surface area contributed by atoms with Gasteiger partial charge in [-0.3, -0.25) is 4.79 Å². The van der Waals surface area contributed by atoms with Crippen LogP contribution in [0.5, 0.6) is 0 Å². The number of hydrogen-bond acceptors (Lipinski definition) is 3. The van der Waals surface area contributed by atoms with E-state index in [1.165, 1.54) is 0 Å². The molecule has 0 spiro atoms. The van der Waals surface area contributed by atoms with Gasteiger partial charge < -0.3 is 16.2 Å². The van der Waals surface area contributed by atoms with Crippen molar-refractivity contribution >= 4 is 18.3 Å². The molecule has 1 atom stereocenters. The third-order valence-electron chi connectivity index (χ3n) is 1.84. The quantitative estimate of drug-likeness (QED) is 0.684. The lowest BCUT2D eigenvalue weighted by Crippen LogP contribution is -2.42. The topological polar surface area (TPSA) is 75.3 Å². The number of aliphatic hydroxyl groups excluding tert-OH is 1. The Morgan fingerprint density at radius 3 is 2.53 bits per heavy atom. The van der Waals surface area contributed by atoms with Crippen molar-refractivity contribution in [3.05, 3.63) is 35.9 Å². The van der Waals surface area contributed by atoms with Crippen LogP contribution in [-0.2, 0) is 11.3 Å². The van der Waals surface area contributed by atoms with Crippen LogP contribution in [0.3, 0.4) is 0 Å². The first-order chi connectivity index (χ1) is 6.74. The molecule has 1 aromatic rings. The van der Waals surface area contributed by atoms with E-state index in [9.17, 15) is 4.79 Å². The summed E-state index contributed by atoms with van der Waals surface area (Å²) in [6, 6.07) is 8.68. The molecule has 0 heterocycles. The number of hydrogen-bond donors (Lipinski definition) is 3. The van der Waals surface area contributed by atoms with E-state index in [1.807, 2.05) is 30.3 Å². The molecule has 1 rings (SSSR count). The van der Waals surface area contributed by atoms with E-state index in [1.54, 1.807) is 0 Å². The van der Waals surface area contributed by atoms with E-state index in [-0.39, 0.29) is 24.9 Å². The second kappa shape index (κ2) is 7.23. The molecule has 0 bridgehead atoms. The molecule has 0 saturated carbocycles. The Kier molecular flexibility index (Phi) is 6.70. The summed E-state index contributed by atoms with van der Waals surface area (Å²) in [5.41, 5.74) is 6.32. The van der Waals surface area contributed by atoms with E-state index in [0.29, 0.717) is 6.54 Å². The number of rotatable bonds is 4. The van der Waals surface area contributed by atoms with Crippen LogP contribution in [0, 0.1) is 0 Å². The van der Waals surface area contributed by atoms with Crippen molar-refractivity contribution in [2.24, 2.45) is 5.73 Å². The van der Waals surface area contributed by atoms with Gasteiger partial charge in [0.15, 0.2) is 0 Å².